The summed E-state index contributed by atoms with van der Waals surface area (Å²) >= 11 is 9.11. The summed E-state index contributed by atoms with van der Waals surface area (Å²) in [6, 6.07) is 25.0. The van der Waals surface area contributed by atoms with Crippen molar-refractivity contribution >= 4 is 94.1 Å². The Morgan fingerprint density at radius 2 is 0.675 bits per heavy atom. The molecule has 0 amide bonds. The average molecular weight is 896 g/mol. The number of nitrogens with zero attached hydrogens (tertiary/aromatic N) is 3. The summed E-state index contributed by atoms with van der Waals surface area (Å²) in [6.45, 7) is 12.4. The van der Waals surface area contributed by atoms with E-state index in [1.165, 1.54) is 32.8 Å². The third kappa shape index (κ3) is 7.67. The van der Waals surface area contributed by atoms with Gasteiger partial charge in [0.2, 0.25) is 0 Å². The Kier molecular flexibility index (Phi) is 11.7. The maximum absolute atomic E-state index is 4.50. The third-order valence-corrected chi connectivity index (χ3v) is 8.49. The topological polar surface area (TPSA) is 38.7 Å². The molecule has 0 fully saturated rings. The van der Waals surface area contributed by atoms with E-state index in [2.05, 4.69) is 138 Å². The smallest absolute Gasteiger partial charge is 0 e. The van der Waals surface area contributed by atoms with Crippen LogP contribution in [0.15, 0.2) is 72.8 Å². The number of para-hydroxylation sites is 3. The van der Waals surface area contributed by atoms with Crippen LogP contribution in [0.4, 0.5) is 0 Å². The number of pyridine rings is 3. The number of hydrogen-bond donors (Lipinski definition) is 0. The van der Waals surface area contributed by atoms with Crippen molar-refractivity contribution in [3.63, 3.8) is 0 Å². The summed E-state index contributed by atoms with van der Waals surface area (Å²) in [7, 11) is 0. The molecule has 6 aromatic rings. The van der Waals surface area contributed by atoms with Gasteiger partial charge in [-0.1, -0.05) is 0 Å². The fraction of sp³-hybridized carbons (Fsp3) is 0.182. The predicted molar refractivity (Wildman–Crippen MR) is 170 cm³/mol. The fourth-order valence-electron chi connectivity index (χ4n) is 4.67. The Bertz CT molecular complexity index is 1610. The zero-order chi connectivity index (χ0) is 28.3. The van der Waals surface area contributed by atoms with Crippen LogP contribution in [0.1, 0.15) is 33.8 Å². The minimum atomic E-state index is 0. The number of fused-ring (bicyclic) bond motifs is 3. The summed E-state index contributed by atoms with van der Waals surface area (Å²) in [5.74, 6) is 0. The van der Waals surface area contributed by atoms with Crippen molar-refractivity contribution in [2.45, 2.75) is 41.5 Å². The van der Waals surface area contributed by atoms with E-state index in [4.69, 9.17) is 0 Å². The summed E-state index contributed by atoms with van der Waals surface area (Å²) in [5, 5.41) is 3.71. The Morgan fingerprint density at radius 1 is 0.425 bits per heavy atom. The number of aromatic nitrogens is 3. The van der Waals surface area contributed by atoms with Crippen molar-refractivity contribution in [1.29, 1.82) is 0 Å². The molecule has 0 spiro atoms. The van der Waals surface area contributed by atoms with Gasteiger partial charge in [-0.05, 0) is 0 Å². The summed E-state index contributed by atoms with van der Waals surface area (Å²) in [5.41, 5.74) is 10.4. The van der Waals surface area contributed by atoms with Crippen molar-refractivity contribution < 1.29 is 19.8 Å². The Balaban J connectivity index is 0.000000163. The van der Waals surface area contributed by atoms with Gasteiger partial charge in [0.05, 0.1) is 0 Å². The first-order valence-electron chi connectivity index (χ1n) is 12.7. The Hall–Kier alpha value is -1.92. The van der Waals surface area contributed by atoms with Gasteiger partial charge in [-0.15, -0.1) is 0 Å². The molecular weight excluding hydrogens is 865 g/mol. The molecule has 0 saturated heterocycles. The molecular formula is C33H30N3OsSe3-3. The second-order valence-corrected chi connectivity index (χ2v) is 12.5. The number of hydrogen-bond acceptors (Lipinski definition) is 3. The van der Waals surface area contributed by atoms with Gasteiger partial charge in [0.15, 0.2) is 0 Å². The van der Waals surface area contributed by atoms with Crippen molar-refractivity contribution in [2.75, 3.05) is 0 Å². The average Bonchev–Trinajstić information content (AvgIpc) is 2.87. The fourth-order valence-corrected chi connectivity index (χ4v) is 6.14. The molecule has 0 atom stereocenters. The zero-order valence-corrected chi connectivity index (χ0v) is 31.0. The van der Waals surface area contributed by atoms with Gasteiger partial charge in [-0.2, -0.15) is 0 Å². The minimum absolute atomic E-state index is 0. The number of benzene rings is 3. The Morgan fingerprint density at radius 3 is 0.925 bits per heavy atom. The van der Waals surface area contributed by atoms with E-state index < -0.39 is 0 Å². The van der Waals surface area contributed by atoms with E-state index >= 15 is 0 Å². The molecule has 0 saturated carbocycles. The normalized spacial score (nSPS) is 10.3. The van der Waals surface area contributed by atoms with Crippen LogP contribution in [0.5, 0.6) is 0 Å². The largest absolute Gasteiger partial charge is 0 e. The van der Waals surface area contributed by atoms with Crippen LogP contribution in [0.3, 0.4) is 0 Å². The molecule has 0 unspecified atom stereocenters. The van der Waals surface area contributed by atoms with Crippen LogP contribution in [0.2, 0.25) is 0 Å². The van der Waals surface area contributed by atoms with Gasteiger partial charge in [0.25, 0.3) is 0 Å². The monoisotopic (exact) mass is 900 g/mol. The van der Waals surface area contributed by atoms with Gasteiger partial charge < -0.3 is 0 Å². The molecule has 3 aromatic heterocycles. The molecule has 0 bridgehead atoms. The number of aryl methyl sites for hydroxylation is 6. The maximum atomic E-state index is 4.50. The van der Waals surface area contributed by atoms with Crippen molar-refractivity contribution in [1.82, 2.24) is 15.0 Å². The van der Waals surface area contributed by atoms with E-state index in [1.54, 1.807) is 0 Å². The molecule has 3 nitrogen and oxygen atoms in total. The van der Waals surface area contributed by atoms with Crippen LogP contribution >= 0.6 is 0 Å². The molecule has 3 aromatic carbocycles. The van der Waals surface area contributed by atoms with Crippen LogP contribution in [0.25, 0.3) is 32.7 Å². The van der Waals surface area contributed by atoms with Crippen LogP contribution < -0.4 is 13.4 Å². The first-order valence-corrected chi connectivity index (χ1v) is 15.2. The molecule has 40 heavy (non-hydrogen) atoms. The Labute approximate surface area is 274 Å². The van der Waals surface area contributed by atoms with Crippen molar-refractivity contribution in [3.05, 3.63) is 107 Å². The third-order valence-electron chi connectivity index (χ3n) is 6.41. The molecule has 0 aliphatic carbocycles. The van der Waals surface area contributed by atoms with Gasteiger partial charge in [0, 0.05) is 19.8 Å². The van der Waals surface area contributed by atoms with E-state index in [9.17, 15) is 0 Å². The predicted octanol–water partition coefficient (Wildman–Crippen LogP) is 4.93. The molecule has 206 valence electrons. The van der Waals surface area contributed by atoms with Crippen molar-refractivity contribution in [3.8, 4) is 0 Å². The molecule has 6 rings (SSSR count). The van der Waals surface area contributed by atoms with Crippen molar-refractivity contribution in [2.24, 2.45) is 0 Å². The zero-order valence-electron chi connectivity index (χ0n) is 23.3. The summed E-state index contributed by atoms with van der Waals surface area (Å²) in [4.78, 5) is 13.5. The van der Waals surface area contributed by atoms with E-state index in [1.807, 2.05) is 39.0 Å². The minimum Gasteiger partial charge on any atom is 0 e. The molecule has 3 heterocycles. The summed E-state index contributed by atoms with van der Waals surface area (Å²) < 4.78 is 3.39. The summed E-state index contributed by atoms with van der Waals surface area (Å²) in [6.07, 6.45) is 0. The molecule has 7 heteroatoms. The quantitative estimate of drug-likeness (QED) is 0.203. The maximum Gasteiger partial charge on any atom is 0 e. The first kappa shape index (κ1) is 32.6. The SMILES string of the molecule is Cc1cc(C)c2cccc([Se-])c2n1.Cc1cc(C)c2cccc([Se-])c2n1.Cc1cc(C)c2cccc([Se-])c2n1.[Os]. The molecule has 0 radical (unpaired) electrons. The molecule has 0 aliphatic rings. The first-order chi connectivity index (χ1) is 18.5. The van der Waals surface area contributed by atoms with Gasteiger partial charge in [0.1, 0.15) is 0 Å². The molecule has 0 aliphatic heterocycles. The number of rotatable bonds is 0. The molecule has 0 N–H and O–H groups in total. The van der Waals surface area contributed by atoms with Crippen LogP contribution in [0, 0.1) is 41.5 Å². The standard InChI is InChI=1S/3C11H11NSe.Os/c3*1-7-6-8(2)12-11-9(7)4-3-5-10(11)13;/h3*3-6,13H,1-2H3;/p-3. The van der Waals surface area contributed by atoms with Gasteiger partial charge in [-0.25, -0.2) is 0 Å². The van der Waals surface area contributed by atoms with E-state index in [-0.39, 0.29) is 19.8 Å². The van der Waals surface area contributed by atoms with Gasteiger partial charge in [-0.3, -0.25) is 0 Å². The van der Waals surface area contributed by atoms with Crippen LogP contribution in [-0.4, -0.2) is 63.0 Å². The second kappa shape index (κ2) is 14.3. The second-order valence-electron chi connectivity index (χ2n) is 9.70. The van der Waals surface area contributed by atoms with E-state index in [0.29, 0.717) is 0 Å². The van der Waals surface area contributed by atoms with Gasteiger partial charge >= 0.3 is 257 Å². The van der Waals surface area contributed by atoms with E-state index in [0.717, 1.165) is 47.0 Å². The van der Waals surface area contributed by atoms with Crippen LogP contribution in [-0.2, 0) is 19.8 Å².